The molecule has 2 aromatic rings. The predicted molar refractivity (Wildman–Crippen MR) is 94.2 cm³/mol. The zero-order chi connectivity index (χ0) is 15.4. The summed E-state index contributed by atoms with van der Waals surface area (Å²) in [7, 11) is 3.56. The van der Waals surface area contributed by atoms with E-state index < -0.39 is 0 Å². The van der Waals surface area contributed by atoms with Crippen molar-refractivity contribution in [3.63, 3.8) is 0 Å². The smallest absolute Gasteiger partial charge is 0.0837 e. The van der Waals surface area contributed by atoms with Crippen molar-refractivity contribution in [2.24, 2.45) is 0 Å². The van der Waals surface area contributed by atoms with Crippen LogP contribution in [0.25, 0.3) is 0 Å². The van der Waals surface area contributed by atoms with Crippen molar-refractivity contribution in [2.75, 3.05) is 20.8 Å². The maximum absolute atomic E-state index is 6.32. The molecule has 1 heterocycles. The van der Waals surface area contributed by atoms with Crippen LogP contribution in [0.15, 0.2) is 24.4 Å². The molecule has 0 radical (unpaired) electrons. The van der Waals surface area contributed by atoms with Gasteiger partial charge in [0.25, 0.3) is 0 Å². The van der Waals surface area contributed by atoms with E-state index in [0.717, 1.165) is 19.9 Å². The quantitative estimate of drug-likeness (QED) is 0.696. The van der Waals surface area contributed by atoms with Crippen LogP contribution >= 0.6 is 45.8 Å². The van der Waals surface area contributed by atoms with Crippen LogP contribution in [-0.2, 0) is 11.3 Å². The Morgan fingerprint density at radius 1 is 1.38 bits per heavy atom. The molecule has 0 aliphatic heterocycles. The van der Waals surface area contributed by atoms with Crippen LogP contribution in [0.2, 0.25) is 10.0 Å². The van der Waals surface area contributed by atoms with Gasteiger partial charge in [0.2, 0.25) is 0 Å². The number of aromatic nitrogens is 2. The molecule has 0 spiro atoms. The van der Waals surface area contributed by atoms with E-state index in [1.165, 1.54) is 0 Å². The lowest BCUT2D eigenvalue weighted by Crippen LogP contribution is -2.23. The molecule has 0 aliphatic carbocycles. The molecule has 0 fully saturated rings. The van der Waals surface area contributed by atoms with Crippen LogP contribution in [0, 0.1) is 3.57 Å². The Hall–Kier alpha value is -0.340. The topological polar surface area (TPSA) is 39.1 Å². The van der Waals surface area contributed by atoms with Gasteiger partial charge in [-0.1, -0.05) is 29.3 Å². The Kier molecular flexibility index (Phi) is 6.31. The maximum atomic E-state index is 6.32. The average Bonchev–Trinajstić information content (AvgIpc) is 2.83. The minimum atomic E-state index is -0.0774. The van der Waals surface area contributed by atoms with E-state index in [0.29, 0.717) is 18.2 Å². The summed E-state index contributed by atoms with van der Waals surface area (Å²) in [5.41, 5.74) is 1.96. The van der Waals surface area contributed by atoms with Gasteiger partial charge in [0.15, 0.2) is 0 Å². The van der Waals surface area contributed by atoms with Gasteiger partial charge in [-0.2, -0.15) is 5.10 Å². The van der Waals surface area contributed by atoms with Crippen molar-refractivity contribution in [1.29, 1.82) is 0 Å². The third-order valence-corrected chi connectivity index (χ3v) is 5.04. The lowest BCUT2D eigenvalue weighted by Gasteiger charge is -2.19. The fourth-order valence-electron chi connectivity index (χ4n) is 2.17. The molecule has 0 amide bonds. The number of halogens is 3. The lowest BCUT2D eigenvalue weighted by molar-refractivity contribution is 0.182. The molecule has 0 aliphatic rings. The molecule has 1 N–H and O–H groups in total. The first-order chi connectivity index (χ1) is 10.1. The molecule has 0 bridgehead atoms. The molecular formula is C14H16Cl2IN3O. The molecule has 0 saturated heterocycles. The molecular weight excluding hydrogens is 424 g/mol. The Bertz CT molecular complexity index is 618. The Morgan fingerprint density at radius 3 is 2.76 bits per heavy atom. The summed E-state index contributed by atoms with van der Waals surface area (Å²) in [5.74, 6) is 0. The molecule has 7 heteroatoms. The second kappa shape index (κ2) is 7.78. The first kappa shape index (κ1) is 17.0. The minimum Gasteiger partial charge on any atom is -0.383 e. The van der Waals surface area contributed by atoms with Gasteiger partial charge in [0.05, 0.1) is 41.1 Å². The maximum Gasteiger partial charge on any atom is 0.0837 e. The van der Waals surface area contributed by atoms with Crippen LogP contribution in [0.1, 0.15) is 17.3 Å². The molecule has 1 unspecified atom stereocenters. The van der Waals surface area contributed by atoms with Crippen LogP contribution in [0.3, 0.4) is 0 Å². The first-order valence-corrected chi connectivity index (χ1v) is 8.24. The summed E-state index contributed by atoms with van der Waals surface area (Å²) in [6, 6.07) is 5.91. The Balaban J connectivity index is 2.40. The standard InChI is InChI=1S/C14H16Cl2IN3O/c1-18-13(9-3-4-12(17)10(15)7-9)14-11(16)8-19-20(14)5-6-21-2/h3-4,7-8,13,18H,5-6H2,1-2H3. The van der Waals surface area contributed by atoms with Gasteiger partial charge in [-0.3, -0.25) is 4.68 Å². The summed E-state index contributed by atoms with van der Waals surface area (Å²) in [4.78, 5) is 0. The molecule has 1 aromatic heterocycles. The summed E-state index contributed by atoms with van der Waals surface area (Å²) in [6.45, 7) is 1.23. The van der Waals surface area contributed by atoms with Gasteiger partial charge in [-0.15, -0.1) is 0 Å². The Labute approximate surface area is 147 Å². The van der Waals surface area contributed by atoms with Crippen molar-refractivity contribution in [3.05, 3.63) is 49.3 Å². The van der Waals surface area contributed by atoms with Crippen molar-refractivity contribution in [2.45, 2.75) is 12.6 Å². The molecule has 2 rings (SSSR count). The number of hydrogen-bond acceptors (Lipinski definition) is 3. The highest BCUT2D eigenvalue weighted by molar-refractivity contribution is 14.1. The normalized spacial score (nSPS) is 12.6. The van der Waals surface area contributed by atoms with Crippen molar-refractivity contribution >= 4 is 45.8 Å². The van der Waals surface area contributed by atoms with E-state index in [2.05, 4.69) is 33.0 Å². The third kappa shape index (κ3) is 3.90. The first-order valence-electron chi connectivity index (χ1n) is 6.40. The molecule has 21 heavy (non-hydrogen) atoms. The number of nitrogens with zero attached hydrogens (tertiary/aromatic N) is 2. The minimum absolute atomic E-state index is 0.0774. The molecule has 114 valence electrons. The van der Waals surface area contributed by atoms with Crippen molar-refractivity contribution in [3.8, 4) is 0 Å². The largest absolute Gasteiger partial charge is 0.383 e. The highest BCUT2D eigenvalue weighted by Crippen LogP contribution is 2.30. The third-order valence-electron chi connectivity index (χ3n) is 3.18. The summed E-state index contributed by atoms with van der Waals surface area (Å²) in [5, 5.41) is 8.95. The number of hydrogen-bond donors (Lipinski definition) is 1. The molecule has 0 saturated carbocycles. The van der Waals surface area contributed by atoms with E-state index in [1.807, 2.05) is 29.9 Å². The highest BCUT2D eigenvalue weighted by Gasteiger charge is 2.21. The van der Waals surface area contributed by atoms with Gasteiger partial charge >= 0.3 is 0 Å². The van der Waals surface area contributed by atoms with Gasteiger partial charge in [-0.05, 0) is 47.3 Å². The summed E-state index contributed by atoms with van der Waals surface area (Å²) < 4.78 is 8.00. The highest BCUT2D eigenvalue weighted by atomic mass is 127. The number of methoxy groups -OCH3 is 1. The van der Waals surface area contributed by atoms with Crippen LogP contribution in [-0.4, -0.2) is 30.5 Å². The molecule has 1 atom stereocenters. The Morgan fingerprint density at radius 2 is 2.14 bits per heavy atom. The van der Waals surface area contributed by atoms with E-state index in [4.69, 9.17) is 27.9 Å². The predicted octanol–water partition coefficient (Wildman–Crippen LogP) is 3.75. The monoisotopic (exact) mass is 439 g/mol. The van der Waals surface area contributed by atoms with Crippen molar-refractivity contribution < 1.29 is 4.74 Å². The van der Waals surface area contributed by atoms with Crippen LogP contribution in [0.5, 0.6) is 0 Å². The second-order valence-corrected chi connectivity index (χ2v) is 6.47. The van der Waals surface area contributed by atoms with Gasteiger partial charge < -0.3 is 10.1 Å². The van der Waals surface area contributed by atoms with E-state index in [1.54, 1.807) is 13.3 Å². The zero-order valence-electron chi connectivity index (χ0n) is 11.7. The van der Waals surface area contributed by atoms with E-state index in [-0.39, 0.29) is 6.04 Å². The number of rotatable bonds is 6. The lowest BCUT2D eigenvalue weighted by atomic mass is 10.0. The fraction of sp³-hybridized carbons (Fsp3) is 0.357. The summed E-state index contributed by atoms with van der Waals surface area (Å²) in [6.07, 6.45) is 1.66. The number of nitrogens with one attached hydrogen (secondary N) is 1. The number of ether oxygens (including phenoxy) is 1. The van der Waals surface area contributed by atoms with Crippen molar-refractivity contribution in [1.82, 2.24) is 15.1 Å². The molecule has 1 aromatic carbocycles. The van der Waals surface area contributed by atoms with Gasteiger partial charge in [0, 0.05) is 10.7 Å². The molecule has 4 nitrogen and oxygen atoms in total. The van der Waals surface area contributed by atoms with Gasteiger partial charge in [-0.25, -0.2) is 0 Å². The average molecular weight is 440 g/mol. The fourth-order valence-corrected chi connectivity index (χ4v) is 2.94. The van der Waals surface area contributed by atoms with Gasteiger partial charge in [0.1, 0.15) is 0 Å². The van der Waals surface area contributed by atoms with Crippen LogP contribution < -0.4 is 5.32 Å². The number of benzene rings is 1. The second-order valence-electron chi connectivity index (χ2n) is 4.49. The van der Waals surface area contributed by atoms with E-state index in [9.17, 15) is 0 Å². The SMILES string of the molecule is CNC(c1ccc(I)c(Cl)c1)c1c(Cl)cnn1CCOC. The van der Waals surface area contributed by atoms with Crippen LogP contribution in [0.4, 0.5) is 0 Å². The van der Waals surface area contributed by atoms with E-state index >= 15 is 0 Å². The summed E-state index contributed by atoms with van der Waals surface area (Å²) >= 11 is 14.8. The zero-order valence-corrected chi connectivity index (χ0v) is 15.4.